The highest BCUT2D eigenvalue weighted by atomic mass is 16.7. The maximum atomic E-state index is 14.3. The lowest BCUT2D eigenvalue weighted by atomic mass is 9.86. The second-order valence-electron chi connectivity index (χ2n) is 18.9. The molecule has 5 aliphatic heterocycles. The van der Waals surface area contributed by atoms with E-state index in [0.717, 1.165) is 134 Å². The lowest BCUT2D eigenvalue weighted by Crippen LogP contribution is -2.46. The number of fused-ring (bicyclic) bond motifs is 2. The van der Waals surface area contributed by atoms with E-state index in [-0.39, 0.29) is 36.0 Å². The molecule has 10 rings (SSSR count). The molecule has 0 bridgehead atoms. The highest BCUT2D eigenvalue weighted by Gasteiger charge is 2.43. The quantitative estimate of drug-likeness (QED) is 0.206. The third-order valence-corrected chi connectivity index (χ3v) is 14.3. The number of likely N-dealkylation sites (tertiary alicyclic amines) is 2. The third kappa shape index (κ3) is 7.89. The molecule has 5 aromatic heterocycles. The molecule has 2 amide bonds. The normalized spacial score (nSPS) is 25.6. The molecule has 334 valence electrons. The van der Waals surface area contributed by atoms with Gasteiger partial charge in [0.15, 0.2) is 24.0 Å². The minimum Gasteiger partial charge on any atom is -0.355 e. The Kier molecular flexibility index (Phi) is 10.8. The van der Waals surface area contributed by atoms with E-state index >= 15 is 0 Å². The Bertz CT molecular complexity index is 2580. The van der Waals surface area contributed by atoms with Gasteiger partial charge in [-0.1, -0.05) is 0 Å². The number of anilines is 2. The van der Waals surface area contributed by atoms with Crippen LogP contribution in [-0.4, -0.2) is 136 Å². The van der Waals surface area contributed by atoms with Crippen LogP contribution in [0.5, 0.6) is 0 Å². The molecule has 18 nitrogen and oxygen atoms in total. The van der Waals surface area contributed by atoms with Gasteiger partial charge >= 0.3 is 0 Å². The first-order valence-electron chi connectivity index (χ1n) is 23.0. The van der Waals surface area contributed by atoms with Crippen LogP contribution in [0.4, 0.5) is 11.6 Å². The van der Waals surface area contributed by atoms with Crippen molar-refractivity contribution < 1.29 is 19.2 Å². The SMILES string of the molecule is CC1=[N+](C)OC(C(=O)N2CCC(CCn3nc(C(=O)N4CCCCC4c4cc5nc(N6CCC(N)C6)c(C)cn5n4)cc3C)CC2c2cc3nc(N4CCC(N)C4)c(C)cn3n2)C1. The average Bonchev–Trinajstić information content (AvgIpc) is 4.15. The van der Waals surface area contributed by atoms with Crippen molar-refractivity contribution in [3.63, 3.8) is 0 Å². The van der Waals surface area contributed by atoms with E-state index in [9.17, 15) is 9.59 Å². The van der Waals surface area contributed by atoms with Crippen LogP contribution in [-0.2, 0) is 16.2 Å². The number of aromatic nitrogens is 8. The van der Waals surface area contributed by atoms with Crippen LogP contribution in [0.15, 0.2) is 30.6 Å². The van der Waals surface area contributed by atoms with Crippen molar-refractivity contribution in [2.24, 2.45) is 17.4 Å². The second kappa shape index (κ2) is 16.5. The second-order valence-corrected chi connectivity index (χ2v) is 18.9. The Balaban J connectivity index is 0.852. The minimum atomic E-state index is -0.555. The molecule has 4 fully saturated rings. The highest BCUT2D eigenvalue weighted by Crippen LogP contribution is 2.38. The first kappa shape index (κ1) is 41.4. The largest absolute Gasteiger partial charge is 0.355 e. The number of amides is 2. The highest BCUT2D eigenvalue weighted by molar-refractivity contribution is 5.93. The van der Waals surface area contributed by atoms with Crippen molar-refractivity contribution in [3.05, 3.63) is 64.5 Å². The van der Waals surface area contributed by atoms with Gasteiger partial charge in [0, 0.05) is 106 Å². The minimum absolute atomic E-state index is 0.00997. The molecule has 10 heterocycles. The first-order valence-corrected chi connectivity index (χ1v) is 23.0. The van der Waals surface area contributed by atoms with Gasteiger partial charge in [-0.15, -0.1) is 0 Å². The topological polar surface area (TPSA) is 190 Å². The van der Waals surface area contributed by atoms with Crippen molar-refractivity contribution in [3.8, 4) is 0 Å². The van der Waals surface area contributed by atoms with Gasteiger partial charge in [-0.3, -0.25) is 19.1 Å². The summed E-state index contributed by atoms with van der Waals surface area (Å²) in [6.45, 7) is 13.4. The van der Waals surface area contributed by atoms with E-state index < -0.39 is 6.10 Å². The van der Waals surface area contributed by atoms with Crippen molar-refractivity contribution in [2.75, 3.05) is 56.1 Å². The molecular formula is C45H62N15O3+. The summed E-state index contributed by atoms with van der Waals surface area (Å²) in [6, 6.07) is 5.91. The zero-order chi connectivity index (χ0) is 43.7. The summed E-state index contributed by atoms with van der Waals surface area (Å²) in [4.78, 5) is 53.1. The summed E-state index contributed by atoms with van der Waals surface area (Å²) >= 11 is 0. The van der Waals surface area contributed by atoms with Crippen LogP contribution >= 0.6 is 0 Å². The summed E-state index contributed by atoms with van der Waals surface area (Å²) in [5, 5.41) is 14.9. The number of hydrogen-bond acceptors (Lipinski definition) is 12. The Labute approximate surface area is 367 Å². The van der Waals surface area contributed by atoms with Crippen molar-refractivity contribution in [1.82, 2.24) is 48.8 Å². The van der Waals surface area contributed by atoms with E-state index in [0.29, 0.717) is 37.7 Å². The number of aryl methyl sites for hydroxylation is 4. The smallest absolute Gasteiger partial charge is 0.274 e. The molecule has 6 unspecified atom stereocenters. The zero-order valence-electron chi connectivity index (χ0n) is 37.4. The monoisotopic (exact) mass is 861 g/mol. The summed E-state index contributed by atoms with van der Waals surface area (Å²) in [7, 11) is 1.86. The Hall–Kier alpha value is -5.62. The van der Waals surface area contributed by atoms with Crippen LogP contribution in [0.1, 0.15) is 115 Å². The zero-order valence-corrected chi connectivity index (χ0v) is 37.4. The van der Waals surface area contributed by atoms with Gasteiger partial charge in [-0.25, -0.2) is 19.0 Å². The molecule has 0 aromatic carbocycles. The van der Waals surface area contributed by atoms with Gasteiger partial charge in [-0.05, 0) is 88.9 Å². The van der Waals surface area contributed by atoms with Gasteiger partial charge in [0.25, 0.3) is 17.9 Å². The first-order chi connectivity index (χ1) is 30.4. The van der Waals surface area contributed by atoms with Crippen molar-refractivity contribution >= 4 is 40.5 Å². The maximum absolute atomic E-state index is 14.3. The average molecular weight is 861 g/mol. The number of nitrogens with two attached hydrogens (primary N) is 2. The number of nitrogens with zero attached hydrogens (tertiary/aromatic N) is 13. The molecule has 0 saturated carbocycles. The molecular weight excluding hydrogens is 799 g/mol. The molecule has 0 aliphatic carbocycles. The van der Waals surface area contributed by atoms with Gasteiger partial charge in [-0.2, -0.15) is 15.3 Å². The molecule has 4 saturated heterocycles. The Morgan fingerprint density at radius 2 is 1.40 bits per heavy atom. The van der Waals surface area contributed by atoms with Crippen LogP contribution in [0.25, 0.3) is 11.3 Å². The summed E-state index contributed by atoms with van der Waals surface area (Å²) in [5.41, 5.74) is 20.2. The number of piperidine rings is 2. The molecule has 63 heavy (non-hydrogen) atoms. The van der Waals surface area contributed by atoms with E-state index in [1.54, 1.807) is 4.74 Å². The fraction of sp³-hybridized carbons (Fsp3) is 0.600. The lowest BCUT2D eigenvalue weighted by Gasteiger charge is -2.39. The summed E-state index contributed by atoms with van der Waals surface area (Å²) in [6.07, 6.45) is 11.2. The number of hydrogen-bond donors (Lipinski definition) is 2. The molecule has 18 heteroatoms. The van der Waals surface area contributed by atoms with Gasteiger partial charge in [0.2, 0.25) is 5.71 Å². The van der Waals surface area contributed by atoms with E-state index in [2.05, 4.69) is 23.6 Å². The van der Waals surface area contributed by atoms with Crippen LogP contribution in [0, 0.1) is 26.7 Å². The van der Waals surface area contributed by atoms with Crippen molar-refractivity contribution in [2.45, 2.75) is 122 Å². The van der Waals surface area contributed by atoms with E-state index in [1.807, 2.05) is 75.0 Å². The Morgan fingerprint density at radius 1 is 0.762 bits per heavy atom. The van der Waals surface area contributed by atoms with Crippen LogP contribution < -0.4 is 21.3 Å². The fourth-order valence-electron chi connectivity index (χ4n) is 10.6. The number of rotatable bonds is 9. The van der Waals surface area contributed by atoms with Crippen LogP contribution in [0.3, 0.4) is 0 Å². The Morgan fingerprint density at radius 3 is 1.98 bits per heavy atom. The molecule has 0 radical (unpaired) electrons. The van der Waals surface area contributed by atoms with Gasteiger partial charge < -0.3 is 31.1 Å². The molecule has 5 aromatic rings. The third-order valence-electron chi connectivity index (χ3n) is 14.3. The maximum Gasteiger partial charge on any atom is 0.274 e. The summed E-state index contributed by atoms with van der Waals surface area (Å²) in [5.74, 6) is 2.11. The predicted molar refractivity (Wildman–Crippen MR) is 238 cm³/mol. The van der Waals surface area contributed by atoms with Crippen molar-refractivity contribution in [1.29, 1.82) is 0 Å². The fourth-order valence-corrected chi connectivity index (χ4v) is 10.6. The van der Waals surface area contributed by atoms with Gasteiger partial charge in [0.05, 0.1) is 29.9 Å². The van der Waals surface area contributed by atoms with E-state index in [1.165, 1.54) is 0 Å². The standard InChI is InChI=1S/C45H62N15O3/c1-27-23-59-40(48-42(27)54-14-11-32(46)25-54)21-34(50-59)37-8-6-7-13-56(37)44(61)36-18-30(4)58(52-36)17-10-31-9-16-57(45(62)39-19-29(3)53(5)63-39)38(20-31)35-22-41-49-43(28(2)24-60(41)51-35)55-15-12-33(47)26-55/h18,21-24,31-33,37-39H,6-17,19-20,25-26,46-47H2,1-5H3/q+1. The molecule has 6 atom stereocenters. The van der Waals surface area contributed by atoms with Crippen LogP contribution in [0.2, 0.25) is 0 Å². The molecule has 0 spiro atoms. The predicted octanol–water partition coefficient (Wildman–Crippen LogP) is 3.51. The number of carbonyl (C=O) groups is 2. The van der Waals surface area contributed by atoms with Gasteiger partial charge in [0.1, 0.15) is 11.6 Å². The molecule has 5 aliphatic rings. The molecule has 4 N–H and O–H groups in total. The van der Waals surface area contributed by atoms with E-state index in [4.69, 9.17) is 41.6 Å². The number of hydroxylamine groups is 1. The lowest BCUT2D eigenvalue weighted by molar-refractivity contribution is -0.764. The summed E-state index contributed by atoms with van der Waals surface area (Å²) < 4.78 is 7.39. The number of carbonyl (C=O) groups excluding carboxylic acids is 2.